The van der Waals surface area contributed by atoms with Crippen molar-refractivity contribution in [3.8, 4) is 11.4 Å². The average molecular weight is 398 g/mol. The number of rotatable bonds is 4. The molecule has 4 rings (SSSR count). The number of benzene rings is 2. The van der Waals surface area contributed by atoms with Gasteiger partial charge in [0.1, 0.15) is 11.6 Å². The fraction of sp³-hybridized carbons (Fsp3) is 0.0556. The van der Waals surface area contributed by atoms with Crippen molar-refractivity contribution >= 4 is 27.4 Å². The third-order valence-electron chi connectivity index (χ3n) is 3.76. The number of halogens is 2. The molecule has 0 amide bonds. The minimum Gasteiger partial charge on any atom is -0.365 e. The Balaban J connectivity index is 1.64. The molecule has 0 atom stereocenters. The van der Waals surface area contributed by atoms with Gasteiger partial charge in [-0.15, -0.1) is 15.3 Å². The van der Waals surface area contributed by atoms with Gasteiger partial charge in [0.25, 0.3) is 0 Å². The van der Waals surface area contributed by atoms with Gasteiger partial charge < -0.3 is 5.32 Å². The molecular weight excluding hydrogens is 385 g/mol. The van der Waals surface area contributed by atoms with Crippen LogP contribution in [0.3, 0.4) is 0 Å². The molecule has 4 aromatic rings. The highest BCUT2D eigenvalue weighted by atomic mass is 79.9. The minimum atomic E-state index is -0.355. The van der Waals surface area contributed by atoms with Crippen molar-refractivity contribution in [1.29, 1.82) is 0 Å². The van der Waals surface area contributed by atoms with Gasteiger partial charge in [-0.05, 0) is 42.0 Å². The van der Waals surface area contributed by atoms with Crippen molar-refractivity contribution in [1.82, 2.24) is 19.8 Å². The normalized spacial score (nSPS) is 11.0. The third kappa shape index (κ3) is 3.23. The number of anilines is 1. The first-order valence-corrected chi connectivity index (χ1v) is 8.46. The van der Waals surface area contributed by atoms with Crippen molar-refractivity contribution in [2.45, 2.75) is 6.54 Å². The van der Waals surface area contributed by atoms with Gasteiger partial charge >= 0.3 is 0 Å². The zero-order chi connectivity index (χ0) is 17.2. The van der Waals surface area contributed by atoms with Crippen molar-refractivity contribution in [3.63, 3.8) is 0 Å². The van der Waals surface area contributed by atoms with Crippen LogP contribution in [0.2, 0.25) is 0 Å². The minimum absolute atomic E-state index is 0.355. The molecule has 1 N–H and O–H groups in total. The summed E-state index contributed by atoms with van der Waals surface area (Å²) in [4.78, 5) is 0. The summed E-state index contributed by atoms with van der Waals surface area (Å²) in [5, 5.41) is 15.9. The van der Waals surface area contributed by atoms with E-state index in [1.165, 1.54) is 6.07 Å². The number of hydrogen-bond acceptors (Lipinski definition) is 4. The summed E-state index contributed by atoms with van der Waals surface area (Å²) in [6, 6.07) is 18.1. The van der Waals surface area contributed by atoms with Crippen molar-refractivity contribution in [2.75, 3.05) is 5.32 Å². The second-order valence-corrected chi connectivity index (χ2v) is 6.39. The molecule has 2 aromatic carbocycles. The van der Waals surface area contributed by atoms with Crippen LogP contribution >= 0.6 is 15.9 Å². The zero-order valence-electron chi connectivity index (χ0n) is 13.0. The lowest BCUT2D eigenvalue weighted by Gasteiger charge is -2.07. The Hall–Kier alpha value is -2.80. The van der Waals surface area contributed by atoms with Gasteiger partial charge in [0, 0.05) is 11.0 Å². The molecule has 2 aromatic heterocycles. The topological polar surface area (TPSA) is 55.1 Å². The first-order chi connectivity index (χ1) is 12.2. The number of nitrogens with zero attached hydrogens (tertiary/aromatic N) is 4. The van der Waals surface area contributed by atoms with E-state index in [0.717, 1.165) is 10.0 Å². The molecule has 0 aliphatic rings. The Labute approximate surface area is 151 Å². The highest BCUT2D eigenvalue weighted by molar-refractivity contribution is 9.10. The van der Waals surface area contributed by atoms with Crippen LogP contribution in [0.1, 0.15) is 5.56 Å². The Morgan fingerprint density at radius 1 is 0.960 bits per heavy atom. The van der Waals surface area contributed by atoms with Crippen LogP contribution < -0.4 is 5.32 Å². The number of hydrogen-bond donors (Lipinski definition) is 1. The van der Waals surface area contributed by atoms with E-state index >= 15 is 0 Å². The van der Waals surface area contributed by atoms with Crippen LogP contribution in [0.15, 0.2) is 65.1 Å². The molecule has 25 heavy (non-hydrogen) atoms. The van der Waals surface area contributed by atoms with Gasteiger partial charge in [-0.1, -0.05) is 40.2 Å². The Morgan fingerprint density at radius 3 is 2.56 bits per heavy atom. The molecule has 0 aliphatic heterocycles. The van der Waals surface area contributed by atoms with Crippen LogP contribution in [0, 0.1) is 5.82 Å². The Morgan fingerprint density at radius 2 is 1.76 bits per heavy atom. The zero-order valence-corrected chi connectivity index (χ0v) is 14.6. The maximum atomic E-state index is 14.1. The summed E-state index contributed by atoms with van der Waals surface area (Å²) < 4.78 is 16.6. The fourth-order valence-corrected chi connectivity index (χ4v) is 2.75. The summed E-state index contributed by atoms with van der Waals surface area (Å²) in [5.41, 5.74) is 2.06. The molecule has 0 aliphatic carbocycles. The first-order valence-electron chi connectivity index (χ1n) is 7.66. The fourth-order valence-electron chi connectivity index (χ4n) is 2.49. The van der Waals surface area contributed by atoms with E-state index in [4.69, 9.17) is 0 Å². The molecular formula is C18H13BrFN5. The molecule has 0 bridgehead atoms. The van der Waals surface area contributed by atoms with E-state index in [1.807, 2.05) is 30.3 Å². The van der Waals surface area contributed by atoms with Gasteiger partial charge in [0.2, 0.25) is 0 Å². The summed E-state index contributed by atoms with van der Waals surface area (Å²) >= 11 is 3.42. The van der Waals surface area contributed by atoms with Gasteiger partial charge in [0.05, 0.1) is 5.56 Å². The molecule has 5 nitrogen and oxygen atoms in total. The summed E-state index contributed by atoms with van der Waals surface area (Å²) in [6.45, 7) is 0.628. The lowest BCUT2D eigenvalue weighted by Crippen LogP contribution is -2.05. The van der Waals surface area contributed by atoms with Gasteiger partial charge in [-0.2, -0.15) is 4.52 Å². The van der Waals surface area contributed by atoms with E-state index in [1.54, 1.807) is 28.8 Å². The summed E-state index contributed by atoms with van der Waals surface area (Å²) in [7, 11) is 0. The van der Waals surface area contributed by atoms with E-state index < -0.39 is 0 Å². The van der Waals surface area contributed by atoms with Gasteiger partial charge in [0.15, 0.2) is 11.5 Å². The Bertz CT molecular complexity index is 1030. The van der Waals surface area contributed by atoms with Crippen molar-refractivity contribution in [2.24, 2.45) is 0 Å². The van der Waals surface area contributed by atoms with Crippen molar-refractivity contribution < 1.29 is 4.39 Å². The summed E-state index contributed by atoms with van der Waals surface area (Å²) in [6.07, 6.45) is 0. The maximum Gasteiger partial charge on any atom is 0.188 e. The number of nitrogens with one attached hydrogen (secondary N) is 1. The van der Waals surface area contributed by atoms with Crippen LogP contribution in [0.5, 0.6) is 0 Å². The predicted octanol–water partition coefficient (Wildman–Crippen LogP) is 4.31. The molecule has 0 unspecified atom stereocenters. The van der Waals surface area contributed by atoms with Gasteiger partial charge in [-0.25, -0.2) is 4.39 Å². The van der Waals surface area contributed by atoms with E-state index in [9.17, 15) is 4.39 Å². The van der Waals surface area contributed by atoms with Crippen LogP contribution in [-0.2, 0) is 6.54 Å². The van der Waals surface area contributed by atoms with Crippen LogP contribution in [0.4, 0.5) is 10.2 Å². The summed E-state index contributed by atoms with van der Waals surface area (Å²) in [5.74, 6) is 0.681. The third-order valence-corrected chi connectivity index (χ3v) is 4.29. The highest BCUT2D eigenvalue weighted by Crippen LogP contribution is 2.21. The number of fused-ring (bicyclic) bond motifs is 1. The largest absolute Gasteiger partial charge is 0.365 e. The SMILES string of the molecule is Fc1ccccc1-c1nnc2ccc(NCc3ccc(Br)cc3)nn12. The molecule has 7 heteroatoms. The lowest BCUT2D eigenvalue weighted by atomic mass is 10.2. The standard InChI is InChI=1S/C18H13BrFN5/c19-13-7-5-12(6-8-13)11-21-16-9-10-17-22-23-18(25(17)24-16)14-3-1-2-4-15(14)20/h1-10H,11H2,(H,21,24). The predicted molar refractivity (Wildman–Crippen MR) is 97.6 cm³/mol. The molecule has 2 heterocycles. The number of aromatic nitrogens is 4. The van der Waals surface area contributed by atoms with Crippen molar-refractivity contribution in [3.05, 3.63) is 76.5 Å². The van der Waals surface area contributed by atoms with Gasteiger partial charge in [-0.3, -0.25) is 0 Å². The molecule has 0 spiro atoms. The molecule has 124 valence electrons. The first kappa shape index (κ1) is 15.7. The lowest BCUT2D eigenvalue weighted by molar-refractivity contribution is 0.629. The van der Waals surface area contributed by atoms with E-state index in [2.05, 4.69) is 36.5 Å². The monoisotopic (exact) mass is 397 g/mol. The molecule has 0 radical (unpaired) electrons. The molecule has 0 saturated heterocycles. The maximum absolute atomic E-state index is 14.1. The average Bonchev–Trinajstić information content (AvgIpc) is 3.05. The second-order valence-electron chi connectivity index (χ2n) is 5.47. The highest BCUT2D eigenvalue weighted by Gasteiger charge is 2.13. The second kappa shape index (κ2) is 6.60. The molecule has 0 fully saturated rings. The van der Waals surface area contributed by atoms with E-state index in [0.29, 0.717) is 29.4 Å². The Kier molecular flexibility index (Phi) is 4.15. The molecule has 0 saturated carbocycles. The van der Waals surface area contributed by atoms with Crippen LogP contribution in [0.25, 0.3) is 17.0 Å². The van der Waals surface area contributed by atoms with Crippen LogP contribution in [-0.4, -0.2) is 19.8 Å². The smallest absolute Gasteiger partial charge is 0.188 e. The quantitative estimate of drug-likeness (QED) is 0.557. The van der Waals surface area contributed by atoms with E-state index in [-0.39, 0.29) is 5.82 Å².